The fourth-order valence-electron chi connectivity index (χ4n) is 2.10. The number of fused-ring (bicyclic) bond motifs is 1. The largest absolute Gasteiger partial charge is 0.449 e. The average molecular weight is 366 g/mol. The minimum Gasteiger partial charge on any atom is -0.334 e. The van der Waals surface area contributed by atoms with E-state index in [0.29, 0.717) is 21.2 Å². The summed E-state index contributed by atoms with van der Waals surface area (Å²) in [5.74, 6) is -1.07. The summed E-state index contributed by atoms with van der Waals surface area (Å²) in [6.45, 7) is 0. The Morgan fingerprint density at radius 2 is 1.55 bits per heavy atom. The predicted molar refractivity (Wildman–Crippen MR) is 81.6 cm³/mol. The molecule has 0 spiro atoms. The van der Waals surface area contributed by atoms with Gasteiger partial charge in [0.25, 0.3) is 0 Å². The number of nitrogens with one attached hydrogen (secondary N) is 1. The van der Waals surface area contributed by atoms with Gasteiger partial charge in [0.05, 0.1) is 16.1 Å². The SMILES string of the molecule is FC(F)(F)c1nc2cc(-c3cc(Cl)cc(Cl)c3)c(Cl)cc2[nH]1. The van der Waals surface area contributed by atoms with Crippen LogP contribution < -0.4 is 0 Å². The molecule has 0 fully saturated rings. The molecular formula is C14H6Cl3F3N2. The number of rotatable bonds is 1. The Hall–Kier alpha value is -1.43. The number of nitrogens with zero attached hydrogens (tertiary/aromatic N) is 1. The topological polar surface area (TPSA) is 28.7 Å². The first-order chi connectivity index (χ1) is 10.2. The summed E-state index contributed by atoms with van der Waals surface area (Å²) in [6.07, 6.45) is -4.55. The van der Waals surface area contributed by atoms with Crippen molar-refractivity contribution in [3.05, 3.63) is 51.2 Å². The van der Waals surface area contributed by atoms with Crippen LogP contribution in [0.5, 0.6) is 0 Å². The molecular weight excluding hydrogens is 360 g/mol. The van der Waals surface area contributed by atoms with Gasteiger partial charge in [-0.15, -0.1) is 0 Å². The Balaban J connectivity index is 2.20. The molecule has 0 aliphatic carbocycles. The lowest BCUT2D eigenvalue weighted by atomic mass is 10.1. The number of alkyl halides is 3. The quantitative estimate of drug-likeness (QED) is 0.546. The minimum absolute atomic E-state index is 0.155. The summed E-state index contributed by atoms with van der Waals surface area (Å²) in [4.78, 5) is 5.76. The second-order valence-corrected chi connectivity index (χ2v) is 5.87. The van der Waals surface area contributed by atoms with Crippen LogP contribution in [0.4, 0.5) is 13.2 Å². The van der Waals surface area contributed by atoms with Gasteiger partial charge < -0.3 is 4.98 Å². The van der Waals surface area contributed by atoms with Gasteiger partial charge in [-0.1, -0.05) is 34.8 Å². The third kappa shape index (κ3) is 2.89. The molecule has 0 unspecified atom stereocenters. The van der Waals surface area contributed by atoms with E-state index in [2.05, 4.69) is 9.97 Å². The maximum atomic E-state index is 12.7. The fourth-order valence-corrected chi connectivity index (χ4v) is 2.89. The molecule has 114 valence electrons. The first-order valence-electron chi connectivity index (χ1n) is 5.97. The highest BCUT2D eigenvalue weighted by molar-refractivity contribution is 6.36. The monoisotopic (exact) mass is 364 g/mol. The van der Waals surface area contributed by atoms with Crippen LogP contribution in [0.2, 0.25) is 15.1 Å². The summed E-state index contributed by atoms with van der Waals surface area (Å²) < 4.78 is 38.1. The van der Waals surface area contributed by atoms with Gasteiger partial charge in [-0.05, 0) is 35.9 Å². The zero-order valence-electron chi connectivity index (χ0n) is 10.6. The smallest absolute Gasteiger partial charge is 0.334 e. The molecule has 0 atom stereocenters. The summed E-state index contributed by atoms with van der Waals surface area (Å²) in [5.41, 5.74) is 1.46. The van der Waals surface area contributed by atoms with Gasteiger partial charge >= 0.3 is 6.18 Å². The van der Waals surface area contributed by atoms with Gasteiger partial charge in [0, 0.05) is 15.6 Å². The lowest BCUT2D eigenvalue weighted by molar-refractivity contribution is -0.144. The molecule has 3 aromatic rings. The summed E-state index contributed by atoms with van der Waals surface area (Å²) in [6, 6.07) is 7.65. The average Bonchev–Trinajstić information content (AvgIpc) is 2.79. The van der Waals surface area contributed by atoms with E-state index in [-0.39, 0.29) is 16.1 Å². The van der Waals surface area contributed by atoms with E-state index < -0.39 is 12.0 Å². The standard InChI is InChI=1S/C14H6Cl3F3N2/c15-7-1-6(2-8(16)3-7)9-4-11-12(5-10(9)17)22-13(21-11)14(18,19)20/h1-5H,(H,21,22). The Morgan fingerprint density at radius 3 is 2.14 bits per heavy atom. The normalized spacial score (nSPS) is 12.1. The zero-order chi connectivity index (χ0) is 16.1. The molecule has 22 heavy (non-hydrogen) atoms. The van der Waals surface area contributed by atoms with Crippen LogP contribution in [0.1, 0.15) is 5.82 Å². The summed E-state index contributed by atoms with van der Waals surface area (Å²) >= 11 is 18.0. The van der Waals surface area contributed by atoms with Crippen molar-refractivity contribution in [2.24, 2.45) is 0 Å². The molecule has 3 rings (SSSR count). The number of H-pyrrole nitrogens is 1. The van der Waals surface area contributed by atoms with E-state index in [1.807, 2.05) is 0 Å². The fraction of sp³-hybridized carbons (Fsp3) is 0.0714. The van der Waals surface area contributed by atoms with Gasteiger partial charge in [-0.3, -0.25) is 0 Å². The Morgan fingerprint density at radius 1 is 0.909 bits per heavy atom. The van der Waals surface area contributed by atoms with E-state index in [9.17, 15) is 13.2 Å². The van der Waals surface area contributed by atoms with Crippen LogP contribution >= 0.6 is 34.8 Å². The summed E-state index contributed by atoms with van der Waals surface area (Å²) in [5, 5.41) is 1.07. The van der Waals surface area contributed by atoms with Crippen molar-refractivity contribution < 1.29 is 13.2 Å². The van der Waals surface area contributed by atoms with Gasteiger partial charge in [0.2, 0.25) is 5.82 Å². The first kappa shape index (κ1) is 15.5. The van der Waals surface area contributed by atoms with Crippen LogP contribution in [0.3, 0.4) is 0 Å². The zero-order valence-corrected chi connectivity index (χ0v) is 12.9. The number of hydrogen-bond donors (Lipinski definition) is 1. The number of imidazole rings is 1. The maximum Gasteiger partial charge on any atom is 0.449 e. The number of halogens is 6. The number of benzene rings is 2. The molecule has 0 aliphatic rings. The van der Waals surface area contributed by atoms with Crippen LogP contribution in [0.15, 0.2) is 30.3 Å². The van der Waals surface area contributed by atoms with Crippen molar-refractivity contribution in [1.82, 2.24) is 9.97 Å². The molecule has 2 nitrogen and oxygen atoms in total. The first-order valence-corrected chi connectivity index (χ1v) is 7.10. The third-order valence-electron chi connectivity index (χ3n) is 3.01. The van der Waals surface area contributed by atoms with Gasteiger partial charge in [-0.2, -0.15) is 13.2 Å². The molecule has 1 heterocycles. The maximum absolute atomic E-state index is 12.7. The molecule has 0 amide bonds. The predicted octanol–water partition coefficient (Wildman–Crippen LogP) is 6.21. The van der Waals surface area contributed by atoms with Crippen molar-refractivity contribution in [1.29, 1.82) is 0 Å². The Kier molecular flexibility index (Phi) is 3.75. The van der Waals surface area contributed by atoms with Crippen molar-refractivity contribution in [3.8, 4) is 11.1 Å². The van der Waals surface area contributed by atoms with Crippen molar-refractivity contribution in [2.75, 3.05) is 0 Å². The molecule has 0 bridgehead atoms. The lowest BCUT2D eigenvalue weighted by Crippen LogP contribution is -2.06. The van der Waals surface area contributed by atoms with Crippen LogP contribution in [0, 0.1) is 0 Å². The van der Waals surface area contributed by atoms with E-state index in [0.717, 1.165) is 0 Å². The van der Waals surface area contributed by atoms with E-state index in [1.165, 1.54) is 12.1 Å². The van der Waals surface area contributed by atoms with Gasteiger partial charge in [0.15, 0.2) is 0 Å². The molecule has 0 saturated carbocycles. The molecule has 0 aliphatic heterocycles. The van der Waals surface area contributed by atoms with Crippen LogP contribution in [-0.2, 0) is 6.18 Å². The number of hydrogen-bond acceptors (Lipinski definition) is 1. The number of aromatic amines is 1. The third-order valence-corrected chi connectivity index (χ3v) is 3.76. The van der Waals surface area contributed by atoms with Gasteiger partial charge in [0.1, 0.15) is 0 Å². The highest BCUT2D eigenvalue weighted by Gasteiger charge is 2.34. The van der Waals surface area contributed by atoms with Crippen LogP contribution in [0.25, 0.3) is 22.2 Å². The van der Waals surface area contributed by atoms with Crippen molar-refractivity contribution in [3.63, 3.8) is 0 Å². The molecule has 0 saturated heterocycles. The Labute approximate surface area is 137 Å². The second kappa shape index (κ2) is 5.33. The van der Waals surface area contributed by atoms with Gasteiger partial charge in [-0.25, -0.2) is 4.98 Å². The minimum atomic E-state index is -4.55. The van der Waals surface area contributed by atoms with E-state index in [1.54, 1.807) is 18.2 Å². The highest BCUT2D eigenvalue weighted by atomic mass is 35.5. The molecule has 1 N–H and O–H groups in total. The van der Waals surface area contributed by atoms with E-state index >= 15 is 0 Å². The van der Waals surface area contributed by atoms with Crippen molar-refractivity contribution >= 4 is 45.8 Å². The number of aromatic nitrogens is 2. The molecule has 1 aromatic heterocycles. The highest BCUT2D eigenvalue weighted by Crippen LogP contribution is 2.36. The van der Waals surface area contributed by atoms with E-state index in [4.69, 9.17) is 34.8 Å². The second-order valence-electron chi connectivity index (χ2n) is 4.59. The Bertz CT molecular complexity index is 851. The lowest BCUT2D eigenvalue weighted by Gasteiger charge is -2.06. The van der Waals surface area contributed by atoms with Crippen molar-refractivity contribution in [2.45, 2.75) is 6.18 Å². The summed E-state index contributed by atoms with van der Waals surface area (Å²) in [7, 11) is 0. The van der Waals surface area contributed by atoms with Crippen LogP contribution in [-0.4, -0.2) is 9.97 Å². The molecule has 2 aromatic carbocycles. The molecule has 0 radical (unpaired) electrons. The molecule has 8 heteroatoms.